The first-order valence-electron chi connectivity index (χ1n) is 21.2. The second-order valence-corrected chi connectivity index (χ2v) is 21.9. The number of amides is 1. The molecule has 2 aliphatic heterocycles. The van der Waals surface area contributed by atoms with Gasteiger partial charge in [0.15, 0.2) is 0 Å². The van der Waals surface area contributed by atoms with E-state index >= 15 is 0 Å². The molecule has 3 aliphatic carbocycles. The second kappa shape index (κ2) is 16.2. The zero-order chi connectivity index (χ0) is 40.9. The number of rotatable bonds is 12. The van der Waals surface area contributed by atoms with Crippen LogP contribution in [0.25, 0.3) is 0 Å². The summed E-state index contributed by atoms with van der Waals surface area (Å²) in [5.41, 5.74) is 3.21. The maximum atomic E-state index is 13.6. The van der Waals surface area contributed by atoms with Gasteiger partial charge >= 0.3 is 18.2 Å². The molecule has 0 radical (unpaired) electrons. The van der Waals surface area contributed by atoms with Crippen molar-refractivity contribution >= 4 is 22.7 Å². The Bertz CT molecular complexity index is 1630. The van der Waals surface area contributed by atoms with Gasteiger partial charge in [-0.25, -0.2) is 4.79 Å². The molecule has 5 aliphatic rings. The summed E-state index contributed by atoms with van der Waals surface area (Å²) in [6.07, 6.45) is 3.32. The van der Waals surface area contributed by atoms with Crippen LogP contribution in [-0.2, 0) is 33.2 Å². The Morgan fingerprint density at radius 2 is 1.66 bits per heavy atom. The van der Waals surface area contributed by atoms with E-state index in [2.05, 4.69) is 39.8 Å². The number of alkyl halides is 5. The van der Waals surface area contributed by atoms with Gasteiger partial charge in [0.1, 0.15) is 11.5 Å². The normalized spacial score (nSPS) is 28.8. The van der Waals surface area contributed by atoms with E-state index in [0.29, 0.717) is 49.3 Å². The van der Waals surface area contributed by atoms with Gasteiger partial charge in [0.2, 0.25) is 0 Å². The van der Waals surface area contributed by atoms with E-state index in [1.807, 2.05) is 18.7 Å². The lowest BCUT2D eigenvalue weighted by Crippen LogP contribution is -2.46. The zero-order valence-corrected chi connectivity index (χ0v) is 35.2. The van der Waals surface area contributed by atoms with Crippen molar-refractivity contribution in [3.63, 3.8) is 0 Å². The first-order valence-corrected chi connectivity index (χ1v) is 22.5. The molecular formula is C44H64F5NO5S. The van der Waals surface area contributed by atoms with Crippen molar-refractivity contribution in [2.75, 3.05) is 32.1 Å². The SMILES string of the molecule is CCc1cc2c(cc1OC(=O)N1CCC3(CCOCC3)CC1)C[C@@H](CCC(C)(C)CC(C)(C)S(=O)CCCC(F)(F)C(F)(F)F)[C@@H]1[C@@H]2CC[C@]2(C)C(=O)CC[C@@H]12. The van der Waals surface area contributed by atoms with Crippen molar-refractivity contribution in [2.24, 2.45) is 34.0 Å². The zero-order valence-electron chi connectivity index (χ0n) is 34.4. The topological polar surface area (TPSA) is 72.9 Å². The fourth-order valence-corrected chi connectivity index (χ4v) is 13.2. The summed E-state index contributed by atoms with van der Waals surface area (Å²) in [4.78, 5) is 28.8. The number of hydrogen-bond donors (Lipinski definition) is 0. The van der Waals surface area contributed by atoms with E-state index in [-0.39, 0.29) is 39.9 Å². The lowest BCUT2D eigenvalue weighted by Gasteiger charge is -2.52. The molecule has 316 valence electrons. The smallest absolute Gasteiger partial charge is 0.410 e. The molecule has 6 nitrogen and oxygen atoms in total. The summed E-state index contributed by atoms with van der Waals surface area (Å²) in [5, 5.41) is 0. The molecule has 4 fully saturated rings. The number of nitrogens with zero attached hydrogens (tertiary/aromatic N) is 1. The van der Waals surface area contributed by atoms with Crippen molar-refractivity contribution in [1.82, 2.24) is 4.90 Å². The Kier molecular flexibility index (Phi) is 12.6. The van der Waals surface area contributed by atoms with Crippen LogP contribution in [0.1, 0.15) is 148 Å². The number of fused-ring (bicyclic) bond motifs is 5. The van der Waals surface area contributed by atoms with Crippen LogP contribution in [0.3, 0.4) is 0 Å². The quantitative estimate of drug-likeness (QED) is 0.197. The minimum atomic E-state index is -5.61. The van der Waals surface area contributed by atoms with Crippen LogP contribution in [0, 0.1) is 34.0 Å². The number of ketones is 1. The van der Waals surface area contributed by atoms with Crippen molar-refractivity contribution in [2.45, 2.75) is 161 Å². The van der Waals surface area contributed by atoms with Crippen LogP contribution in [0.15, 0.2) is 12.1 Å². The molecule has 1 aromatic carbocycles. The molecule has 0 N–H and O–H groups in total. The molecule has 0 aromatic heterocycles. The molecule has 6 rings (SSSR count). The van der Waals surface area contributed by atoms with Gasteiger partial charge in [0, 0.05) is 65.9 Å². The van der Waals surface area contributed by atoms with Gasteiger partial charge in [-0.1, -0.05) is 33.8 Å². The Hall–Kier alpha value is -2.08. The average Bonchev–Trinajstić information content (AvgIpc) is 3.43. The summed E-state index contributed by atoms with van der Waals surface area (Å²) >= 11 is 0. The maximum absolute atomic E-state index is 13.6. The van der Waals surface area contributed by atoms with Gasteiger partial charge in [-0.15, -0.1) is 0 Å². The van der Waals surface area contributed by atoms with Crippen LogP contribution >= 0.6 is 0 Å². The minimum Gasteiger partial charge on any atom is -0.410 e. The molecule has 6 atom stereocenters. The molecule has 2 heterocycles. The fourth-order valence-electron chi connectivity index (χ4n) is 11.6. The van der Waals surface area contributed by atoms with Crippen molar-refractivity contribution in [3.05, 3.63) is 28.8 Å². The Labute approximate surface area is 333 Å². The van der Waals surface area contributed by atoms with Crippen molar-refractivity contribution in [1.29, 1.82) is 0 Å². The molecule has 12 heteroatoms. The van der Waals surface area contributed by atoms with E-state index in [1.165, 1.54) is 11.1 Å². The van der Waals surface area contributed by atoms with Gasteiger partial charge in [-0.05, 0) is 155 Å². The third-order valence-corrected chi connectivity index (χ3v) is 17.0. The first kappa shape index (κ1) is 43.5. The van der Waals surface area contributed by atoms with Crippen LogP contribution in [0.4, 0.5) is 26.7 Å². The van der Waals surface area contributed by atoms with E-state index in [9.17, 15) is 35.8 Å². The highest BCUT2D eigenvalue weighted by atomic mass is 32.2. The van der Waals surface area contributed by atoms with Gasteiger partial charge in [0.25, 0.3) is 0 Å². The molecule has 2 saturated heterocycles. The Balaban J connectivity index is 1.17. The molecule has 1 aromatic rings. The Morgan fingerprint density at radius 3 is 2.30 bits per heavy atom. The predicted octanol–water partition coefficient (Wildman–Crippen LogP) is 11.0. The van der Waals surface area contributed by atoms with Gasteiger partial charge in [-0.2, -0.15) is 22.0 Å². The number of Topliss-reactive ketones (excluding diaryl/α,β-unsaturated/α-hetero) is 1. The number of likely N-dealkylation sites (tertiary alicyclic amines) is 1. The van der Waals surface area contributed by atoms with Crippen molar-refractivity contribution < 1.29 is 45.2 Å². The molecule has 56 heavy (non-hydrogen) atoms. The molecule has 1 spiro atoms. The fraction of sp³-hybridized carbons (Fsp3) is 0.818. The van der Waals surface area contributed by atoms with Crippen LogP contribution in [0.2, 0.25) is 0 Å². The highest BCUT2D eigenvalue weighted by Crippen LogP contribution is 2.62. The number of benzene rings is 1. The number of aryl methyl sites for hydroxylation is 1. The standard InChI is InChI=1S/C44H64F5NO5S/c1-7-29-26-33-31(27-35(29)55-38(52)50-20-16-42(17-21-50)18-22-54-23-19-42)25-30(37-32(33)12-15-41(6)34(37)9-10-36(41)51)11-14-39(2,3)28-40(4,5)56(53)24-8-13-43(45,46)44(47,48)49/h26-27,30,32,34,37H,7-25,28H2,1-6H3/t30-,32-,34+,37-,41+,56?/m1/s1. The summed E-state index contributed by atoms with van der Waals surface area (Å²) in [6, 6.07) is 4.40. The molecule has 0 bridgehead atoms. The number of carbonyl (C=O) groups excluding carboxylic acids is 2. The van der Waals surface area contributed by atoms with Crippen LogP contribution < -0.4 is 4.74 Å². The third-order valence-electron chi connectivity index (χ3n) is 15.0. The monoisotopic (exact) mass is 813 g/mol. The van der Waals surface area contributed by atoms with Gasteiger partial charge < -0.3 is 14.4 Å². The predicted molar refractivity (Wildman–Crippen MR) is 209 cm³/mol. The highest BCUT2D eigenvalue weighted by Gasteiger charge is 2.58. The molecule has 2 saturated carbocycles. The van der Waals surface area contributed by atoms with Crippen LogP contribution in [-0.4, -0.2) is 69.9 Å². The number of carbonyl (C=O) groups is 2. The minimum absolute atomic E-state index is 0.215. The lowest BCUT2D eigenvalue weighted by molar-refractivity contribution is -0.284. The summed E-state index contributed by atoms with van der Waals surface area (Å²) in [7, 11) is -1.60. The van der Waals surface area contributed by atoms with E-state index in [4.69, 9.17) is 9.47 Å². The molecule has 1 amide bonds. The third kappa shape index (κ3) is 8.91. The number of ether oxygens (including phenoxy) is 2. The summed E-state index contributed by atoms with van der Waals surface area (Å²) in [6.45, 7) is 15.1. The summed E-state index contributed by atoms with van der Waals surface area (Å²) < 4.78 is 89.6. The van der Waals surface area contributed by atoms with E-state index in [0.717, 1.165) is 89.4 Å². The lowest BCUT2D eigenvalue weighted by atomic mass is 9.52. The highest BCUT2D eigenvalue weighted by molar-refractivity contribution is 7.86. The Morgan fingerprint density at radius 1 is 0.982 bits per heavy atom. The van der Waals surface area contributed by atoms with Crippen LogP contribution in [0.5, 0.6) is 5.75 Å². The number of halogens is 5. The summed E-state index contributed by atoms with van der Waals surface area (Å²) in [5.74, 6) is -2.82. The largest absolute Gasteiger partial charge is 0.453 e. The van der Waals surface area contributed by atoms with E-state index < -0.39 is 40.5 Å². The number of piperidine rings is 1. The van der Waals surface area contributed by atoms with Gasteiger partial charge in [0.05, 0.1) is 0 Å². The first-order chi connectivity index (χ1) is 26.1. The van der Waals surface area contributed by atoms with Gasteiger partial charge in [-0.3, -0.25) is 9.00 Å². The molecular weight excluding hydrogens is 750 g/mol. The van der Waals surface area contributed by atoms with E-state index in [1.54, 1.807) is 0 Å². The maximum Gasteiger partial charge on any atom is 0.453 e. The number of hydrogen-bond acceptors (Lipinski definition) is 5. The van der Waals surface area contributed by atoms with Crippen molar-refractivity contribution in [3.8, 4) is 5.75 Å². The second-order valence-electron chi connectivity index (χ2n) is 19.6. The molecule has 1 unspecified atom stereocenters. The average molecular weight is 814 g/mol.